The molecule has 47 heavy (non-hydrogen) atoms. The van der Waals surface area contributed by atoms with Gasteiger partial charge in [0.1, 0.15) is 5.75 Å². The van der Waals surface area contributed by atoms with Crippen molar-refractivity contribution in [2.24, 2.45) is 36.6 Å². The molecule has 4 aromatic rings. The third kappa shape index (κ3) is 9.27. The lowest BCUT2D eigenvalue weighted by Gasteiger charge is -2.16. The number of hydrogen-bond acceptors (Lipinski definition) is 8. The molecular formula is C35H35F4N7O. The lowest BCUT2D eigenvalue weighted by atomic mass is 10.0. The van der Waals surface area contributed by atoms with Crippen LogP contribution >= 0.6 is 0 Å². The van der Waals surface area contributed by atoms with Gasteiger partial charge in [-0.05, 0) is 109 Å². The number of rotatable bonds is 13. The molecule has 0 amide bonds. The van der Waals surface area contributed by atoms with Crippen LogP contribution in [0.5, 0.6) is 5.75 Å². The molecular weight excluding hydrogens is 610 g/mol. The Labute approximate surface area is 270 Å². The fourth-order valence-electron chi connectivity index (χ4n) is 4.82. The van der Waals surface area contributed by atoms with Gasteiger partial charge < -0.3 is 9.64 Å². The van der Waals surface area contributed by atoms with E-state index in [2.05, 4.69) is 44.5 Å². The van der Waals surface area contributed by atoms with Crippen molar-refractivity contribution < 1.29 is 22.3 Å². The second-order valence-electron chi connectivity index (χ2n) is 11.4. The smallest absolute Gasteiger partial charge is 0.329 e. The maximum atomic E-state index is 13.5. The number of ether oxygens (including phenoxy) is 1. The molecule has 0 aromatic heterocycles. The van der Waals surface area contributed by atoms with Gasteiger partial charge in [-0.25, -0.2) is 0 Å². The lowest BCUT2D eigenvalue weighted by molar-refractivity contribution is -0.172. The maximum absolute atomic E-state index is 13.5. The summed E-state index contributed by atoms with van der Waals surface area (Å²) in [6, 6.07) is 27.7. The van der Waals surface area contributed by atoms with Crippen molar-refractivity contribution in [2.75, 3.05) is 24.6 Å². The molecule has 0 aliphatic carbocycles. The van der Waals surface area contributed by atoms with Crippen LogP contribution in [0, 0.1) is 5.92 Å². The van der Waals surface area contributed by atoms with Gasteiger partial charge in [0.05, 0.1) is 53.8 Å². The highest BCUT2D eigenvalue weighted by Gasteiger charge is 2.62. The first-order chi connectivity index (χ1) is 22.6. The van der Waals surface area contributed by atoms with Gasteiger partial charge >= 0.3 is 11.8 Å². The van der Waals surface area contributed by atoms with E-state index < -0.39 is 24.9 Å². The molecule has 8 nitrogen and oxygen atoms in total. The van der Waals surface area contributed by atoms with Gasteiger partial charge in [0.2, 0.25) is 0 Å². The minimum Gasteiger partial charge on any atom is -0.494 e. The average Bonchev–Trinajstić information content (AvgIpc) is 3.29. The third-order valence-electron chi connectivity index (χ3n) is 7.57. The molecule has 0 N–H and O–H groups in total. The average molecular weight is 646 g/mol. The Morgan fingerprint density at radius 3 is 1.28 bits per heavy atom. The Bertz CT molecular complexity index is 1660. The summed E-state index contributed by atoms with van der Waals surface area (Å²) in [6.45, 7) is 3.08. The molecule has 1 saturated heterocycles. The van der Waals surface area contributed by atoms with Crippen LogP contribution in [-0.4, -0.2) is 31.5 Å². The third-order valence-corrected chi connectivity index (χ3v) is 7.57. The monoisotopic (exact) mass is 645 g/mol. The number of azo groups is 3. The summed E-state index contributed by atoms with van der Waals surface area (Å²) in [5.41, 5.74) is 3.93. The second kappa shape index (κ2) is 15.1. The topological polar surface area (TPSA) is 86.6 Å². The van der Waals surface area contributed by atoms with Gasteiger partial charge in [-0.2, -0.15) is 48.2 Å². The molecule has 0 spiro atoms. The van der Waals surface area contributed by atoms with E-state index >= 15 is 0 Å². The number of hydrogen-bond donors (Lipinski definition) is 0. The van der Waals surface area contributed by atoms with Crippen molar-refractivity contribution in [3.05, 3.63) is 97.1 Å². The van der Waals surface area contributed by atoms with Crippen LogP contribution in [0.2, 0.25) is 0 Å². The zero-order chi connectivity index (χ0) is 33.3. The van der Waals surface area contributed by atoms with Crippen molar-refractivity contribution in [3.63, 3.8) is 0 Å². The van der Waals surface area contributed by atoms with Crippen LogP contribution in [0.3, 0.4) is 0 Å². The fourth-order valence-corrected chi connectivity index (χ4v) is 4.82. The van der Waals surface area contributed by atoms with E-state index in [4.69, 9.17) is 4.74 Å². The molecule has 1 unspecified atom stereocenters. The fraction of sp³-hybridized carbons (Fsp3) is 0.314. The van der Waals surface area contributed by atoms with E-state index in [0.29, 0.717) is 41.0 Å². The van der Waals surface area contributed by atoms with Crippen LogP contribution in [0.1, 0.15) is 33.1 Å². The van der Waals surface area contributed by atoms with Crippen LogP contribution in [0.15, 0.2) is 128 Å². The predicted molar refractivity (Wildman–Crippen MR) is 175 cm³/mol. The zero-order valence-corrected chi connectivity index (χ0v) is 26.1. The Kier molecular flexibility index (Phi) is 10.7. The van der Waals surface area contributed by atoms with Crippen molar-refractivity contribution >= 4 is 39.8 Å². The Hall–Kier alpha value is -5.00. The van der Waals surface area contributed by atoms with E-state index in [0.717, 1.165) is 22.8 Å². The second-order valence-corrected chi connectivity index (χ2v) is 11.4. The van der Waals surface area contributed by atoms with E-state index in [1.165, 1.54) is 37.1 Å². The van der Waals surface area contributed by atoms with Crippen LogP contribution in [-0.2, 0) is 0 Å². The van der Waals surface area contributed by atoms with Gasteiger partial charge in [-0.1, -0.05) is 26.7 Å². The zero-order valence-electron chi connectivity index (χ0n) is 26.1. The van der Waals surface area contributed by atoms with Gasteiger partial charge in [0.15, 0.2) is 0 Å². The molecule has 0 bridgehead atoms. The van der Waals surface area contributed by atoms with Gasteiger partial charge in [0.25, 0.3) is 0 Å². The first-order valence-corrected chi connectivity index (χ1v) is 15.4. The molecule has 1 atom stereocenters. The Morgan fingerprint density at radius 1 is 0.574 bits per heavy atom. The van der Waals surface area contributed by atoms with Gasteiger partial charge in [-0.15, -0.1) is 0 Å². The quantitative estimate of drug-likeness (QED) is 0.107. The summed E-state index contributed by atoms with van der Waals surface area (Å²) in [5.74, 6) is -6.65. The molecule has 244 valence electrons. The molecule has 1 fully saturated rings. The summed E-state index contributed by atoms with van der Waals surface area (Å²) >= 11 is 0. The largest absolute Gasteiger partial charge is 0.494 e. The highest BCUT2D eigenvalue weighted by Crippen LogP contribution is 2.42. The van der Waals surface area contributed by atoms with Crippen molar-refractivity contribution in [1.82, 2.24) is 0 Å². The minimum absolute atomic E-state index is 0.268. The molecule has 0 saturated carbocycles. The SMILES string of the molecule is CCCC(C)CCOc1ccc(/N=N/c2ccc(/N=N/c3ccc(/N=N/c4ccc(N5CC(F)(F)C(F)(F)C5)cc4)cc3)cc2)cc1. The Morgan fingerprint density at radius 2 is 0.915 bits per heavy atom. The van der Waals surface area contributed by atoms with E-state index in [1.807, 2.05) is 24.3 Å². The molecule has 0 radical (unpaired) electrons. The number of nitrogens with zero attached hydrogens (tertiary/aromatic N) is 7. The van der Waals surface area contributed by atoms with E-state index in [9.17, 15) is 17.6 Å². The summed E-state index contributed by atoms with van der Waals surface area (Å²) in [5, 5.41) is 25.4. The number of halogens is 4. The van der Waals surface area contributed by atoms with E-state index in [1.54, 1.807) is 48.5 Å². The molecule has 12 heteroatoms. The predicted octanol–water partition coefficient (Wildman–Crippen LogP) is 12.2. The van der Waals surface area contributed by atoms with Crippen LogP contribution in [0.25, 0.3) is 0 Å². The summed E-state index contributed by atoms with van der Waals surface area (Å²) in [6.07, 6.45) is 3.44. The Balaban J connectivity index is 1.08. The van der Waals surface area contributed by atoms with Crippen LogP contribution in [0.4, 0.5) is 57.4 Å². The first-order valence-electron chi connectivity index (χ1n) is 15.4. The maximum Gasteiger partial charge on any atom is 0.329 e. The standard InChI is InChI=1S/C35H35F4N7O/c1-3-4-25(2)21-22-47-33-19-15-31(16-20-33)45-43-29-11-7-27(8-12-29)41-40-26-5-9-28(10-6-26)42-44-30-13-17-32(18-14-30)46-23-34(36,37)35(38,39)24-46/h5-20,25H,3-4,21-24H2,1-2H3/b41-40+,44-42+,45-43+. The van der Waals surface area contributed by atoms with Crippen LogP contribution < -0.4 is 9.64 Å². The molecule has 1 aliphatic heterocycles. The summed E-state index contributed by atoms with van der Waals surface area (Å²) < 4.78 is 59.9. The van der Waals surface area contributed by atoms with Gasteiger partial charge in [0, 0.05) is 5.69 Å². The minimum atomic E-state index is -4.06. The number of alkyl halides is 4. The normalized spacial score (nSPS) is 16.4. The molecule has 1 aliphatic rings. The molecule has 5 rings (SSSR count). The first kappa shape index (κ1) is 33.4. The van der Waals surface area contributed by atoms with Gasteiger partial charge in [-0.3, -0.25) is 0 Å². The lowest BCUT2D eigenvalue weighted by Crippen LogP contribution is -2.38. The van der Waals surface area contributed by atoms with Crippen molar-refractivity contribution in [3.8, 4) is 5.75 Å². The highest BCUT2D eigenvalue weighted by atomic mass is 19.3. The van der Waals surface area contributed by atoms with Crippen molar-refractivity contribution in [1.29, 1.82) is 0 Å². The summed E-state index contributed by atoms with van der Waals surface area (Å²) in [7, 11) is 0. The van der Waals surface area contributed by atoms with Crippen molar-refractivity contribution in [2.45, 2.75) is 45.0 Å². The highest BCUT2D eigenvalue weighted by molar-refractivity contribution is 5.55. The number of benzene rings is 4. The molecule has 1 heterocycles. The van der Waals surface area contributed by atoms with E-state index in [-0.39, 0.29) is 5.69 Å². The number of anilines is 1. The summed E-state index contributed by atoms with van der Waals surface area (Å²) in [4.78, 5) is 0.960. The molecule has 4 aromatic carbocycles.